The van der Waals surface area contributed by atoms with E-state index in [9.17, 15) is 5.11 Å². The standard InChI is InChI=1S/C7H14O4/c1-4-7(10-2)5(8)3-6(9)11-4/h4-9H,3H2,1-2H3/t4-,5-,6-,7-/m1/s1. The molecule has 1 saturated heterocycles. The van der Waals surface area contributed by atoms with Gasteiger partial charge in [-0.2, -0.15) is 0 Å². The molecule has 0 aliphatic carbocycles. The molecule has 4 atom stereocenters. The van der Waals surface area contributed by atoms with Crippen LogP contribution in [0.15, 0.2) is 0 Å². The number of aliphatic hydroxyl groups is 2. The Bertz CT molecular complexity index is 116. The average Bonchev–Trinajstić information content (AvgIpc) is 1.85. The van der Waals surface area contributed by atoms with Crippen LogP contribution >= 0.6 is 0 Å². The second-order valence-corrected chi connectivity index (χ2v) is 2.80. The zero-order valence-electron chi connectivity index (χ0n) is 6.73. The summed E-state index contributed by atoms with van der Waals surface area (Å²) in [6, 6.07) is 0. The first kappa shape index (κ1) is 8.93. The monoisotopic (exact) mass is 162 g/mol. The lowest BCUT2D eigenvalue weighted by Crippen LogP contribution is -2.47. The summed E-state index contributed by atoms with van der Waals surface area (Å²) in [5.41, 5.74) is 0. The van der Waals surface area contributed by atoms with Gasteiger partial charge in [-0.3, -0.25) is 0 Å². The topological polar surface area (TPSA) is 58.9 Å². The smallest absolute Gasteiger partial charge is 0.157 e. The van der Waals surface area contributed by atoms with Crippen LogP contribution in [0, 0.1) is 0 Å². The van der Waals surface area contributed by atoms with E-state index < -0.39 is 12.4 Å². The Morgan fingerprint density at radius 3 is 2.55 bits per heavy atom. The van der Waals surface area contributed by atoms with E-state index in [-0.39, 0.29) is 18.6 Å². The lowest BCUT2D eigenvalue weighted by molar-refractivity contribution is -0.232. The molecule has 0 aromatic carbocycles. The fourth-order valence-corrected chi connectivity index (χ4v) is 1.38. The van der Waals surface area contributed by atoms with E-state index in [0.717, 1.165) is 0 Å². The zero-order valence-corrected chi connectivity index (χ0v) is 6.73. The van der Waals surface area contributed by atoms with Gasteiger partial charge in [0.15, 0.2) is 6.29 Å². The van der Waals surface area contributed by atoms with Crippen molar-refractivity contribution in [1.82, 2.24) is 0 Å². The Balaban J connectivity index is 2.52. The van der Waals surface area contributed by atoms with E-state index >= 15 is 0 Å². The largest absolute Gasteiger partial charge is 0.390 e. The maximum Gasteiger partial charge on any atom is 0.157 e. The molecule has 1 aliphatic heterocycles. The van der Waals surface area contributed by atoms with Crippen LogP contribution in [0.4, 0.5) is 0 Å². The van der Waals surface area contributed by atoms with Crippen molar-refractivity contribution in [1.29, 1.82) is 0 Å². The highest BCUT2D eigenvalue weighted by molar-refractivity contribution is 4.80. The molecule has 66 valence electrons. The summed E-state index contributed by atoms with van der Waals surface area (Å²) < 4.78 is 10.0. The molecule has 4 heteroatoms. The van der Waals surface area contributed by atoms with Crippen molar-refractivity contribution in [3.05, 3.63) is 0 Å². The van der Waals surface area contributed by atoms with Gasteiger partial charge in [-0.1, -0.05) is 0 Å². The lowest BCUT2D eigenvalue weighted by Gasteiger charge is -2.34. The summed E-state index contributed by atoms with van der Waals surface area (Å²) >= 11 is 0. The second kappa shape index (κ2) is 3.49. The molecule has 11 heavy (non-hydrogen) atoms. The predicted molar refractivity (Wildman–Crippen MR) is 38.0 cm³/mol. The highest BCUT2D eigenvalue weighted by Crippen LogP contribution is 2.20. The van der Waals surface area contributed by atoms with Crippen molar-refractivity contribution in [3.8, 4) is 0 Å². The molecule has 0 aromatic heterocycles. The fraction of sp³-hybridized carbons (Fsp3) is 1.00. The first-order chi connectivity index (χ1) is 5.15. The normalized spacial score (nSPS) is 45.8. The summed E-state index contributed by atoms with van der Waals surface area (Å²) in [5, 5.41) is 18.4. The van der Waals surface area contributed by atoms with Crippen LogP contribution < -0.4 is 0 Å². The first-order valence-corrected chi connectivity index (χ1v) is 3.69. The van der Waals surface area contributed by atoms with E-state index in [4.69, 9.17) is 14.6 Å². The zero-order chi connectivity index (χ0) is 8.43. The minimum atomic E-state index is -0.855. The number of aliphatic hydroxyl groups excluding tert-OH is 2. The number of hydrogen-bond donors (Lipinski definition) is 2. The van der Waals surface area contributed by atoms with Crippen molar-refractivity contribution in [2.24, 2.45) is 0 Å². The van der Waals surface area contributed by atoms with E-state index in [1.54, 1.807) is 6.92 Å². The molecule has 0 amide bonds. The Morgan fingerprint density at radius 2 is 2.09 bits per heavy atom. The maximum absolute atomic E-state index is 9.34. The van der Waals surface area contributed by atoms with Gasteiger partial charge in [0.05, 0.1) is 12.2 Å². The summed E-state index contributed by atoms with van der Waals surface area (Å²) in [6.45, 7) is 1.76. The highest BCUT2D eigenvalue weighted by atomic mass is 16.6. The highest BCUT2D eigenvalue weighted by Gasteiger charge is 2.34. The van der Waals surface area contributed by atoms with Gasteiger partial charge in [0, 0.05) is 13.5 Å². The van der Waals surface area contributed by atoms with Crippen molar-refractivity contribution in [3.63, 3.8) is 0 Å². The molecule has 1 fully saturated rings. The third kappa shape index (κ3) is 1.90. The minimum absolute atomic E-state index is 0.225. The molecule has 0 spiro atoms. The van der Waals surface area contributed by atoms with Crippen LogP contribution in [0.5, 0.6) is 0 Å². The van der Waals surface area contributed by atoms with Gasteiger partial charge < -0.3 is 19.7 Å². The van der Waals surface area contributed by atoms with Crippen LogP contribution in [-0.4, -0.2) is 41.9 Å². The third-order valence-corrected chi connectivity index (χ3v) is 1.93. The lowest BCUT2D eigenvalue weighted by atomic mass is 10.0. The minimum Gasteiger partial charge on any atom is -0.390 e. The van der Waals surface area contributed by atoms with Gasteiger partial charge in [-0.15, -0.1) is 0 Å². The van der Waals surface area contributed by atoms with Crippen LogP contribution in [0.3, 0.4) is 0 Å². The molecule has 0 aromatic rings. The maximum atomic E-state index is 9.34. The Labute approximate surface area is 65.7 Å². The van der Waals surface area contributed by atoms with Crippen LogP contribution in [0.25, 0.3) is 0 Å². The molecule has 0 bridgehead atoms. The average molecular weight is 162 g/mol. The van der Waals surface area contributed by atoms with Gasteiger partial charge in [-0.25, -0.2) is 0 Å². The molecular formula is C7H14O4. The Kier molecular flexibility index (Phi) is 2.84. The number of ether oxygens (including phenoxy) is 2. The number of methoxy groups -OCH3 is 1. The first-order valence-electron chi connectivity index (χ1n) is 3.69. The van der Waals surface area contributed by atoms with E-state index in [0.29, 0.717) is 0 Å². The Hall–Kier alpha value is -0.160. The van der Waals surface area contributed by atoms with Crippen molar-refractivity contribution in [2.75, 3.05) is 7.11 Å². The van der Waals surface area contributed by atoms with Gasteiger partial charge >= 0.3 is 0 Å². The Morgan fingerprint density at radius 1 is 1.45 bits per heavy atom. The quantitative estimate of drug-likeness (QED) is 0.545. The van der Waals surface area contributed by atoms with Crippen LogP contribution in [-0.2, 0) is 9.47 Å². The molecular weight excluding hydrogens is 148 g/mol. The summed E-state index contributed by atoms with van der Waals surface area (Å²) in [4.78, 5) is 0. The van der Waals surface area contributed by atoms with Gasteiger partial charge in [0.1, 0.15) is 6.10 Å². The third-order valence-electron chi connectivity index (χ3n) is 1.93. The molecule has 0 radical (unpaired) electrons. The van der Waals surface area contributed by atoms with Crippen LogP contribution in [0.1, 0.15) is 13.3 Å². The van der Waals surface area contributed by atoms with E-state index in [1.165, 1.54) is 7.11 Å². The number of rotatable bonds is 1. The molecule has 2 N–H and O–H groups in total. The molecule has 0 saturated carbocycles. The molecule has 0 unspecified atom stereocenters. The molecule has 1 heterocycles. The summed E-state index contributed by atoms with van der Waals surface area (Å²) in [6.07, 6.45) is -1.83. The van der Waals surface area contributed by atoms with Crippen molar-refractivity contribution >= 4 is 0 Å². The predicted octanol–water partition coefficient (Wildman–Crippen LogP) is -0.510. The molecule has 1 aliphatic rings. The van der Waals surface area contributed by atoms with Gasteiger partial charge in [0.2, 0.25) is 0 Å². The summed E-state index contributed by atoms with van der Waals surface area (Å²) in [7, 11) is 1.52. The van der Waals surface area contributed by atoms with Crippen molar-refractivity contribution in [2.45, 2.75) is 37.9 Å². The second-order valence-electron chi connectivity index (χ2n) is 2.80. The van der Waals surface area contributed by atoms with Crippen molar-refractivity contribution < 1.29 is 19.7 Å². The van der Waals surface area contributed by atoms with E-state index in [2.05, 4.69) is 0 Å². The van der Waals surface area contributed by atoms with Gasteiger partial charge in [-0.05, 0) is 6.92 Å². The number of hydrogen-bond acceptors (Lipinski definition) is 4. The van der Waals surface area contributed by atoms with E-state index in [1.807, 2.05) is 0 Å². The van der Waals surface area contributed by atoms with Gasteiger partial charge in [0.25, 0.3) is 0 Å². The molecule has 4 nitrogen and oxygen atoms in total. The SMILES string of the molecule is CO[C@H]1[C@H](O)C[C@H](O)O[C@@H]1C. The summed E-state index contributed by atoms with van der Waals surface area (Å²) in [5.74, 6) is 0. The molecule has 1 rings (SSSR count). The fourth-order valence-electron chi connectivity index (χ4n) is 1.38. The van der Waals surface area contributed by atoms with Crippen LogP contribution in [0.2, 0.25) is 0 Å².